The Morgan fingerprint density at radius 2 is 1.96 bits per heavy atom. The highest BCUT2D eigenvalue weighted by molar-refractivity contribution is 6.30. The highest BCUT2D eigenvalue weighted by Crippen LogP contribution is 2.30. The second kappa shape index (κ2) is 7.57. The number of pyridine rings is 1. The van der Waals surface area contributed by atoms with Gasteiger partial charge in [-0.1, -0.05) is 17.7 Å². The SMILES string of the molecule is O=C(NC(c1cccnc1)C1CCOCC1)c1ccc(Cl)cc1. The van der Waals surface area contributed by atoms with Crippen LogP contribution in [0.2, 0.25) is 5.02 Å². The van der Waals surface area contributed by atoms with Crippen molar-refractivity contribution in [1.82, 2.24) is 10.3 Å². The van der Waals surface area contributed by atoms with Crippen LogP contribution < -0.4 is 5.32 Å². The summed E-state index contributed by atoms with van der Waals surface area (Å²) in [5, 5.41) is 3.78. The number of nitrogens with one attached hydrogen (secondary N) is 1. The molecule has 2 aromatic rings. The fourth-order valence-corrected chi connectivity index (χ4v) is 3.03. The lowest BCUT2D eigenvalue weighted by Gasteiger charge is -2.31. The molecule has 1 aromatic carbocycles. The number of benzene rings is 1. The van der Waals surface area contributed by atoms with Crippen molar-refractivity contribution in [3.63, 3.8) is 0 Å². The van der Waals surface area contributed by atoms with Crippen LogP contribution in [-0.2, 0) is 4.74 Å². The molecule has 2 heterocycles. The van der Waals surface area contributed by atoms with Crippen LogP contribution >= 0.6 is 11.6 Å². The van der Waals surface area contributed by atoms with E-state index < -0.39 is 0 Å². The van der Waals surface area contributed by atoms with E-state index in [2.05, 4.69) is 10.3 Å². The maximum Gasteiger partial charge on any atom is 0.251 e. The quantitative estimate of drug-likeness (QED) is 0.931. The summed E-state index contributed by atoms with van der Waals surface area (Å²) in [4.78, 5) is 16.8. The monoisotopic (exact) mass is 330 g/mol. The van der Waals surface area contributed by atoms with E-state index >= 15 is 0 Å². The van der Waals surface area contributed by atoms with Gasteiger partial charge in [0.15, 0.2) is 0 Å². The Hall–Kier alpha value is -1.91. The fourth-order valence-electron chi connectivity index (χ4n) is 2.91. The lowest BCUT2D eigenvalue weighted by Crippen LogP contribution is -2.36. The molecule has 120 valence electrons. The maximum absolute atomic E-state index is 12.6. The molecular weight excluding hydrogens is 312 g/mol. The second-order valence-electron chi connectivity index (χ2n) is 5.69. The number of halogens is 1. The molecule has 0 aliphatic carbocycles. The van der Waals surface area contributed by atoms with Crippen molar-refractivity contribution in [3.05, 3.63) is 64.9 Å². The van der Waals surface area contributed by atoms with Crippen molar-refractivity contribution < 1.29 is 9.53 Å². The van der Waals surface area contributed by atoms with E-state index in [0.717, 1.165) is 31.6 Å². The topological polar surface area (TPSA) is 51.2 Å². The molecule has 0 bridgehead atoms. The number of carbonyl (C=O) groups is 1. The molecule has 1 fully saturated rings. The van der Waals surface area contributed by atoms with Crippen LogP contribution in [0.25, 0.3) is 0 Å². The number of rotatable bonds is 4. The van der Waals surface area contributed by atoms with Crippen molar-refractivity contribution in [3.8, 4) is 0 Å². The molecule has 1 saturated heterocycles. The number of amides is 1. The minimum atomic E-state index is -0.0954. The van der Waals surface area contributed by atoms with E-state index in [1.54, 1.807) is 30.5 Å². The molecule has 23 heavy (non-hydrogen) atoms. The molecule has 4 nitrogen and oxygen atoms in total. The van der Waals surface area contributed by atoms with Crippen molar-refractivity contribution in [2.75, 3.05) is 13.2 Å². The summed E-state index contributed by atoms with van der Waals surface area (Å²) in [5.41, 5.74) is 1.64. The third kappa shape index (κ3) is 4.09. The highest BCUT2D eigenvalue weighted by atomic mass is 35.5. The first-order valence-corrected chi connectivity index (χ1v) is 8.16. The molecular formula is C18H19ClN2O2. The van der Waals surface area contributed by atoms with Gasteiger partial charge in [0, 0.05) is 36.2 Å². The minimum Gasteiger partial charge on any atom is -0.381 e. The Bertz CT molecular complexity index is 640. The summed E-state index contributed by atoms with van der Waals surface area (Å²) < 4.78 is 5.45. The third-order valence-corrected chi connectivity index (χ3v) is 4.43. The molecule has 1 unspecified atom stereocenters. The van der Waals surface area contributed by atoms with Crippen LogP contribution in [0.15, 0.2) is 48.8 Å². The predicted molar refractivity (Wildman–Crippen MR) is 89.4 cm³/mol. The molecule has 1 aliphatic rings. The molecule has 5 heteroatoms. The number of ether oxygens (including phenoxy) is 1. The smallest absolute Gasteiger partial charge is 0.251 e. The van der Waals surface area contributed by atoms with Crippen molar-refractivity contribution in [1.29, 1.82) is 0 Å². The number of hydrogen-bond donors (Lipinski definition) is 1. The van der Waals surface area contributed by atoms with E-state index in [9.17, 15) is 4.79 Å². The van der Waals surface area contributed by atoms with Gasteiger partial charge in [-0.05, 0) is 54.7 Å². The zero-order chi connectivity index (χ0) is 16.1. The zero-order valence-electron chi connectivity index (χ0n) is 12.7. The van der Waals surface area contributed by atoms with Crippen molar-refractivity contribution in [2.45, 2.75) is 18.9 Å². The normalized spacial score (nSPS) is 16.7. The van der Waals surface area contributed by atoms with Gasteiger partial charge in [-0.15, -0.1) is 0 Å². The lowest BCUT2D eigenvalue weighted by molar-refractivity contribution is 0.0513. The van der Waals surface area contributed by atoms with Gasteiger partial charge < -0.3 is 10.1 Å². The van der Waals surface area contributed by atoms with Crippen LogP contribution in [0.5, 0.6) is 0 Å². The summed E-state index contributed by atoms with van der Waals surface area (Å²) in [6.07, 6.45) is 5.43. The average Bonchev–Trinajstić information content (AvgIpc) is 2.61. The van der Waals surface area contributed by atoms with Gasteiger partial charge in [-0.3, -0.25) is 9.78 Å². The largest absolute Gasteiger partial charge is 0.381 e. The Kier molecular flexibility index (Phi) is 5.26. The number of hydrogen-bond acceptors (Lipinski definition) is 3. The van der Waals surface area contributed by atoms with E-state index in [-0.39, 0.29) is 11.9 Å². The summed E-state index contributed by atoms with van der Waals surface area (Å²) in [6, 6.07) is 10.8. The van der Waals surface area contributed by atoms with E-state index in [0.29, 0.717) is 16.5 Å². The van der Waals surface area contributed by atoms with Crippen LogP contribution in [0, 0.1) is 5.92 Å². The Morgan fingerprint density at radius 1 is 1.22 bits per heavy atom. The molecule has 0 radical (unpaired) electrons. The van der Waals surface area contributed by atoms with Crippen LogP contribution in [-0.4, -0.2) is 24.1 Å². The standard InChI is InChI=1S/C18H19ClN2O2/c19-16-5-3-14(4-6-16)18(22)21-17(13-7-10-23-11-8-13)15-2-1-9-20-12-15/h1-6,9,12-13,17H,7-8,10-11H2,(H,21,22). The van der Waals surface area contributed by atoms with Gasteiger partial charge >= 0.3 is 0 Å². The maximum atomic E-state index is 12.6. The van der Waals surface area contributed by atoms with Gasteiger partial charge in [-0.2, -0.15) is 0 Å². The molecule has 1 amide bonds. The number of aromatic nitrogens is 1. The number of nitrogens with zero attached hydrogens (tertiary/aromatic N) is 1. The van der Waals surface area contributed by atoms with Crippen LogP contribution in [0.3, 0.4) is 0 Å². The summed E-state index contributed by atoms with van der Waals surface area (Å²) in [5.74, 6) is 0.256. The van der Waals surface area contributed by atoms with E-state index in [4.69, 9.17) is 16.3 Å². The first kappa shape index (κ1) is 16.0. The number of carbonyl (C=O) groups excluding carboxylic acids is 1. The van der Waals surface area contributed by atoms with Crippen LogP contribution in [0.4, 0.5) is 0 Å². The molecule has 1 atom stereocenters. The summed E-state index contributed by atoms with van der Waals surface area (Å²) >= 11 is 5.89. The van der Waals surface area contributed by atoms with E-state index in [1.165, 1.54) is 0 Å². The zero-order valence-corrected chi connectivity index (χ0v) is 13.5. The second-order valence-corrected chi connectivity index (χ2v) is 6.13. The molecule has 3 rings (SSSR count). The van der Waals surface area contributed by atoms with E-state index in [1.807, 2.05) is 18.3 Å². The average molecular weight is 331 g/mol. The summed E-state index contributed by atoms with van der Waals surface area (Å²) in [7, 11) is 0. The highest BCUT2D eigenvalue weighted by Gasteiger charge is 2.27. The lowest BCUT2D eigenvalue weighted by atomic mass is 9.87. The first-order valence-electron chi connectivity index (χ1n) is 7.78. The van der Waals surface area contributed by atoms with Crippen LogP contribution in [0.1, 0.15) is 34.8 Å². The summed E-state index contributed by atoms with van der Waals surface area (Å²) in [6.45, 7) is 1.47. The Labute approximate surface area is 140 Å². The Balaban J connectivity index is 1.80. The minimum absolute atomic E-state index is 0.0595. The van der Waals surface area contributed by atoms with Crippen molar-refractivity contribution in [2.24, 2.45) is 5.92 Å². The van der Waals surface area contributed by atoms with Gasteiger partial charge in [0.1, 0.15) is 0 Å². The molecule has 1 aliphatic heterocycles. The third-order valence-electron chi connectivity index (χ3n) is 4.17. The van der Waals surface area contributed by atoms with Gasteiger partial charge in [0.2, 0.25) is 0 Å². The fraction of sp³-hybridized carbons (Fsp3) is 0.333. The molecule has 1 N–H and O–H groups in total. The molecule has 0 saturated carbocycles. The van der Waals surface area contributed by atoms with Gasteiger partial charge in [0.25, 0.3) is 5.91 Å². The molecule has 0 spiro atoms. The molecule has 1 aromatic heterocycles. The van der Waals surface area contributed by atoms with Gasteiger partial charge in [-0.25, -0.2) is 0 Å². The predicted octanol–water partition coefficient (Wildman–Crippen LogP) is 3.63. The van der Waals surface area contributed by atoms with Crippen molar-refractivity contribution >= 4 is 17.5 Å². The van der Waals surface area contributed by atoms with Gasteiger partial charge in [0.05, 0.1) is 6.04 Å². The first-order chi connectivity index (χ1) is 11.2. The Morgan fingerprint density at radius 3 is 2.61 bits per heavy atom.